The Labute approximate surface area is 266 Å². The molecule has 0 spiro atoms. The van der Waals surface area contributed by atoms with E-state index >= 15 is 0 Å². The van der Waals surface area contributed by atoms with Crippen molar-refractivity contribution in [1.82, 2.24) is 9.55 Å². The maximum atomic E-state index is 5.28. The molecule has 0 aliphatic heterocycles. The Bertz CT molecular complexity index is 2650. The molecule has 0 aliphatic carbocycles. The fourth-order valence-corrected chi connectivity index (χ4v) is 7.39. The van der Waals surface area contributed by atoms with Crippen molar-refractivity contribution >= 4 is 76.4 Å². The molecule has 218 valence electrons. The Morgan fingerprint density at radius 1 is 0.565 bits per heavy atom. The number of allylic oxidation sites excluding steroid dienone is 2. The zero-order valence-electron chi connectivity index (χ0n) is 25.5. The number of fused-ring (bicyclic) bond motifs is 13. The average molecular weight is 590 g/mol. The third-order valence-corrected chi connectivity index (χ3v) is 9.38. The van der Waals surface area contributed by atoms with Crippen LogP contribution in [0.3, 0.4) is 0 Å². The molecule has 0 saturated heterocycles. The molecule has 0 amide bonds. The highest BCUT2D eigenvalue weighted by atomic mass is 15.0. The number of aliphatic imine (C=N–C) groups is 1. The predicted molar refractivity (Wildman–Crippen MR) is 197 cm³/mol. The van der Waals surface area contributed by atoms with Crippen molar-refractivity contribution in [2.24, 2.45) is 4.99 Å². The number of H-pyrrole nitrogens is 1. The highest BCUT2D eigenvalue weighted by Gasteiger charge is 2.22. The number of hydrogen-bond acceptors (Lipinski definition) is 1. The van der Waals surface area contributed by atoms with Gasteiger partial charge in [0.2, 0.25) is 0 Å². The van der Waals surface area contributed by atoms with Gasteiger partial charge in [-0.05, 0) is 45.5 Å². The molecule has 0 aliphatic rings. The van der Waals surface area contributed by atoms with Crippen molar-refractivity contribution in [3.63, 3.8) is 0 Å². The minimum Gasteiger partial charge on any atom is -0.352 e. The summed E-state index contributed by atoms with van der Waals surface area (Å²) in [5.41, 5.74) is 7.79. The largest absolute Gasteiger partial charge is 0.352 e. The lowest BCUT2D eigenvalue weighted by molar-refractivity contribution is 1.06. The maximum Gasteiger partial charge on any atom is 0.0887 e. The Hall–Kier alpha value is -5.93. The number of rotatable bonds is 5. The van der Waals surface area contributed by atoms with E-state index in [1.807, 2.05) is 0 Å². The number of hydrogen-bond donors (Lipinski definition) is 1. The van der Waals surface area contributed by atoms with Gasteiger partial charge in [-0.2, -0.15) is 0 Å². The van der Waals surface area contributed by atoms with Gasteiger partial charge >= 0.3 is 0 Å². The van der Waals surface area contributed by atoms with Gasteiger partial charge < -0.3 is 9.55 Å². The average Bonchev–Trinajstić information content (AvgIpc) is 3.74. The number of aromatic amines is 1. The maximum absolute atomic E-state index is 5.28. The first-order valence-electron chi connectivity index (χ1n) is 15.9. The molecule has 0 atom stereocenters. The Morgan fingerprint density at radius 2 is 1.09 bits per heavy atom. The smallest absolute Gasteiger partial charge is 0.0887 e. The first kappa shape index (κ1) is 26.5. The molecule has 0 unspecified atom stereocenters. The van der Waals surface area contributed by atoms with Crippen molar-refractivity contribution in [1.29, 1.82) is 0 Å². The van der Waals surface area contributed by atoms with Crippen LogP contribution in [0.2, 0.25) is 0 Å². The van der Waals surface area contributed by atoms with E-state index in [9.17, 15) is 0 Å². The van der Waals surface area contributed by atoms with Gasteiger partial charge in [-0.1, -0.05) is 140 Å². The molecule has 3 heteroatoms. The Morgan fingerprint density at radius 3 is 1.74 bits per heavy atom. The summed E-state index contributed by atoms with van der Waals surface area (Å²) in [7, 11) is 0. The molecule has 2 aromatic heterocycles. The molecular weight excluding hydrogens is 558 g/mol. The summed E-state index contributed by atoms with van der Waals surface area (Å²) in [5, 5.41) is 11.3. The van der Waals surface area contributed by atoms with Gasteiger partial charge in [-0.25, -0.2) is 0 Å². The van der Waals surface area contributed by atoms with Crippen LogP contribution in [-0.4, -0.2) is 15.3 Å². The lowest BCUT2D eigenvalue weighted by Gasteiger charge is -2.16. The van der Waals surface area contributed by atoms with E-state index in [0.29, 0.717) is 6.54 Å². The van der Waals surface area contributed by atoms with Crippen molar-refractivity contribution in [3.05, 3.63) is 163 Å². The molecule has 0 fully saturated rings. The van der Waals surface area contributed by atoms with E-state index in [4.69, 9.17) is 4.99 Å². The highest BCUT2D eigenvalue weighted by molar-refractivity contribution is 6.40. The summed E-state index contributed by atoms with van der Waals surface area (Å²) in [6, 6.07) is 49.8. The number of aromatic nitrogens is 2. The Balaban J connectivity index is 1.41. The van der Waals surface area contributed by atoms with Crippen LogP contribution in [0, 0.1) is 0 Å². The standard InChI is InChI=1S/C43H31N3/c1-2-37(40(29-17-7-4-8-18-29)44-27-28-15-5-3-6-16-28)46-26-25-36-32-21-10-13-23-34(32)39-38-33-22-12-9-19-30(33)31-20-11-14-24-35(31)41(38)45-42(39)43(36)46/h2-26,45H,27H2,1H3/b37-2+,44-40?. The zero-order valence-corrected chi connectivity index (χ0v) is 25.5. The van der Waals surface area contributed by atoms with Crippen LogP contribution in [0.5, 0.6) is 0 Å². The van der Waals surface area contributed by atoms with E-state index in [1.54, 1.807) is 0 Å². The summed E-state index contributed by atoms with van der Waals surface area (Å²) in [4.78, 5) is 9.28. The minimum atomic E-state index is 0.602. The molecule has 46 heavy (non-hydrogen) atoms. The van der Waals surface area contributed by atoms with E-state index in [0.717, 1.165) is 28.0 Å². The van der Waals surface area contributed by atoms with Crippen LogP contribution in [0.1, 0.15) is 18.1 Å². The summed E-state index contributed by atoms with van der Waals surface area (Å²) >= 11 is 0. The van der Waals surface area contributed by atoms with E-state index < -0.39 is 0 Å². The predicted octanol–water partition coefficient (Wildman–Crippen LogP) is 11.3. The van der Waals surface area contributed by atoms with Crippen molar-refractivity contribution in [2.75, 3.05) is 0 Å². The number of nitrogens with zero attached hydrogens (tertiary/aromatic N) is 2. The van der Waals surface area contributed by atoms with Gasteiger partial charge in [-0.15, -0.1) is 0 Å². The normalized spacial score (nSPS) is 12.8. The van der Waals surface area contributed by atoms with Crippen molar-refractivity contribution < 1.29 is 0 Å². The fraction of sp³-hybridized carbons (Fsp3) is 0.0465. The van der Waals surface area contributed by atoms with E-state index in [-0.39, 0.29) is 0 Å². The minimum absolute atomic E-state index is 0.602. The topological polar surface area (TPSA) is 33.1 Å². The SMILES string of the molecule is C/C=C(\C(=NCc1ccccc1)c1ccccc1)n1ccc2c3ccccc3c3c([nH]c4c5ccccc5c5ccccc5c43)c21. The molecule has 1 N–H and O–H groups in total. The van der Waals surface area contributed by atoms with Crippen molar-refractivity contribution in [2.45, 2.75) is 13.5 Å². The van der Waals surface area contributed by atoms with E-state index in [1.165, 1.54) is 59.6 Å². The van der Waals surface area contributed by atoms with Crippen LogP contribution < -0.4 is 0 Å². The van der Waals surface area contributed by atoms with Gasteiger partial charge in [0.05, 0.1) is 34.5 Å². The second kappa shape index (κ2) is 10.6. The summed E-state index contributed by atoms with van der Waals surface area (Å²) < 4.78 is 2.35. The zero-order chi connectivity index (χ0) is 30.6. The molecule has 3 nitrogen and oxygen atoms in total. The van der Waals surface area contributed by atoms with Gasteiger partial charge in [0, 0.05) is 33.3 Å². The molecule has 0 radical (unpaired) electrons. The molecule has 0 saturated carbocycles. The number of benzene rings is 7. The van der Waals surface area contributed by atoms with Crippen molar-refractivity contribution in [3.8, 4) is 0 Å². The molecular formula is C43H31N3. The lowest BCUT2D eigenvalue weighted by atomic mass is 9.94. The van der Waals surface area contributed by atoms with Gasteiger partial charge in [0.25, 0.3) is 0 Å². The molecule has 9 aromatic rings. The third kappa shape index (κ3) is 3.95. The van der Waals surface area contributed by atoms with Crippen LogP contribution in [0.15, 0.2) is 157 Å². The summed E-state index contributed by atoms with van der Waals surface area (Å²) in [6.07, 6.45) is 4.42. The van der Waals surface area contributed by atoms with Gasteiger partial charge in [0.1, 0.15) is 0 Å². The Kier molecular flexibility index (Phi) is 6.10. The van der Waals surface area contributed by atoms with Gasteiger partial charge in [-0.3, -0.25) is 4.99 Å². The van der Waals surface area contributed by atoms with Gasteiger partial charge in [0.15, 0.2) is 0 Å². The fourth-order valence-electron chi connectivity index (χ4n) is 7.39. The number of nitrogens with one attached hydrogen (secondary N) is 1. The highest BCUT2D eigenvalue weighted by Crippen LogP contribution is 2.45. The van der Waals surface area contributed by atoms with Crippen LogP contribution >= 0.6 is 0 Å². The molecule has 9 rings (SSSR count). The van der Waals surface area contributed by atoms with Crippen LogP contribution in [0.25, 0.3) is 70.7 Å². The first-order valence-corrected chi connectivity index (χ1v) is 15.9. The lowest BCUT2D eigenvalue weighted by Crippen LogP contribution is -2.11. The first-order chi connectivity index (χ1) is 22.8. The molecule has 2 heterocycles. The van der Waals surface area contributed by atoms with Crippen LogP contribution in [-0.2, 0) is 6.54 Å². The summed E-state index contributed by atoms with van der Waals surface area (Å²) in [5.74, 6) is 0. The second-order valence-corrected chi connectivity index (χ2v) is 11.9. The van der Waals surface area contributed by atoms with Crippen LogP contribution in [0.4, 0.5) is 0 Å². The molecule has 7 aromatic carbocycles. The second-order valence-electron chi connectivity index (χ2n) is 11.9. The summed E-state index contributed by atoms with van der Waals surface area (Å²) in [6.45, 7) is 2.72. The monoisotopic (exact) mass is 589 g/mol. The van der Waals surface area contributed by atoms with E-state index in [2.05, 4.69) is 168 Å². The molecule has 0 bridgehead atoms. The third-order valence-electron chi connectivity index (χ3n) is 9.38. The quantitative estimate of drug-likeness (QED) is 0.153.